The molecule has 0 radical (unpaired) electrons. The molecule has 0 spiro atoms. The van der Waals surface area contributed by atoms with Crippen molar-refractivity contribution in [2.45, 2.75) is 65.1 Å². The van der Waals surface area contributed by atoms with Crippen LogP contribution >= 0.6 is 0 Å². The molecule has 1 amide bonds. The van der Waals surface area contributed by atoms with E-state index in [4.69, 9.17) is 4.74 Å². The number of carbonyl (C=O) groups excluding carboxylic acids is 1. The number of piperidine rings is 1. The van der Waals surface area contributed by atoms with Gasteiger partial charge in [0, 0.05) is 13.1 Å². The zero-order valence-electron chi connectivity index (χ0n) is 15.8. The normalized spacial score (nSPS) is 16.0. The standard InChI is InChI=1S/C20H29F2NO3/c1-20(2,3)26-19(24)23-13-11-15(12-14-23)7-6-9-16-8-4-5-10-17(16)25-18(21)22/h4-5,8,10,15,18H,6-7,9,11-14H2,1-3H3. The maximum absolute atomic E-state index is 12.5. The Bertz CT molecular complexity index is 579. The van der Waals surface area contributed by atoms with Crippen molar-refractivity contribution in [2.75, 3.05) is 13.1 Å². The van der Waals surface area contributed by atoms with Crippen molar-refractivity contribution >= 4 is 6.09 Å². The van der Waals surface area contributed by atoms with Crippen LogP contribution in [0.4, 0.5) is 13.6 Å². The van der Waals surface area contributed by atoms with Gasteiger partial charge < -0.3 is 14.4 Å². The van der Waals surface area contributed by atoms with Gasteiger partial charge in [0.25, 0.3) is 0 Å². The van der Waals surface area contributed by atoms with Crippen LogP contribution in [-0.4, -0.2) is 36.3 Å². The predicted molar refractivity (Wildman–Crippen MR) is 96.5 cm³/mol. The fourth-order valence-corrected chi connectivity index (χ4v) is 3.23. The van der Waals surface area contributed by atoms with E-state index >= 15 is 0 Å². The molecule has 0 aliphatic carbocycles. The monoisotopic (exact) mass is 369 g/mol. The molecule has 4 nitrogen and oxygen atoms in total. The number of hydrogen-bond acceptors (Lipinski definition) is 3. The summed E-state index contributed by atoms with van der Waals surface area (Å²) in [5.41, 5.74) is 0.348. The molecular weight excluding hydrogens is 340 g/mol. The minimum atomic E-state index is -2.80. The van der Waals surface area contributed by atoms with Gasteiger partial charge in [-0.15, -0.1) is 0 Å². The molecule has 1 saturated heterocycles. The first-order valence-electron chi connectivity index (χ1n) is 9.25. The number of ether oxygens (including phenoxy) is 2. The smallest absolute Gasteiger partial charge is 0.410 e. The summed E-state index contributed by atoms with van der Waals surface area (Å²) in [7, 11) is 0. The lowest BCUT2D eigenvalue weighted by Gasteiger charge is -2.33. The van der Waals surface area contributed by atoms with Crippen LogP contribution in [0.25, 0.3) is 0 Å². The van der Waals surface area contributed by atoms with E-state index in [0.29, 0.717) is 19.0 Å². The molecule has 0 unspecified atom stereocenters. The van der Waals surface area contributed by atoms with Crippen molar-refractivity contribution in [3.8, 4) is 5.75 Å². The number of hydrogen-bond donors (Lipinski definition) is 0. The fraction of sp³-hybridized carbons (Fsp3) is 0.650. The van der Waals surface area contributed by atoms with E-state index in [0.717, 1.165) is 37.7 Å². The summed E-state index contributed by atoms with van der Waals surface area (Å²) >= 11 is 0. The van der Waals surface area contributed by atoms with E-state index in [-0.39, 0.29) is 11.8 Å². The third-order valence-corrected chi connectivity index (χ3v) is 4.51. The third-order valence-electron chi connectivity index (χ3n) is 4.51. The van der Waals surface area contributed by atoms with Crippen molar-refractivity contribution in [3.63, 3.8) is 0 Å². The van der Waals surface area contributed by atoms with Gasteiger partial charge in [-0.2, -0.15) is 8.78 Å². The van der Waals surface area contributed by atoms with Crippen LogP contribution in [0.3, 0.4) is 0 Å². The topological polar surface area (TPSA) is 38.8 Å². The minimum absolute atomic E-state index is 0.242. The Kier molecular flexibility index (Phi) is 7.23. The molecule has 0 aromatic heterocycles. The van der Waals surface area contributed by atoms with Gasteiger partial charge in [-0.3, -0.25) is 0 Å². The van der Waals surface area contributed by atoms with Gasteiger partial charge in [-0.25, -0.2) is 4.79 Å². The first-order chi connectivity index (χ1) is 12.2. The molecule has 1 aromatic rings. The Morgan fingerprint density at radius 1 is 1.23 bits per heavy atom. The molecule has 2 rings (SSSR count). The van der Waals surface area contributed by atoms with Gasteiger partial charge in [0.05, 0.1) is 0 Å². The Morgan fingerprint density at radius 2 is 1.88 bits per heavy atom. The van der Waals surface area contributed by atoms with Crippen LogP contribution in [0.2, 0.25) is 0 Å². The Hall–Kier alpha value is -1.85. The molecule has 1 heterocycles. The quantitative estimate of drug-likeness (QED) is 0.687. The lowest BCUT2D eigenvalue weighted by molar-refractivity contribution is -0.0504. The number of nitrogens with zero attached hydrogens (tertiary/aromatic N) is 1. The number of para-hydroxylation sites is 1. The summed E-state index contributed by atoms with van der Waals surface area (Å²) in [5, 5.41) is 0. The molecule has 0 atom stereocenters. The molecule has 1 aliphatic rings. The second kappa shape index (κ2) is 9.19. The Balaban J connectivity index is 1.73. The fourth-order valence-electron chi connectivity index (χ4n) is 3.23. The van der Waals surface area contributed by atoms with E-state index in [1.807, 2.05) is 32.9 Å². The highest BCUT2D eigenvalue weighted by atomic mass is 19.3. The summed E-state index contributed by atoms with van der Waals surface area (Å²) in [5.74, 6) is 0.819. The molecule has 1 aliphatic heterocycles. The first kappa shape index (κ1) is 20.5. The van der Waals surface area contributed by atoms with Gasteiger partial charge in [-0.05, 0) is 70.4 Å². The van der Waals surface area contributed by atoms with E-state index in [1.165, 1.54) is 0 Å². The summed E-state index contributed by atoms with van der Waals surface area (Å²) in [4.78, 5) is 13.8. The largest absolute Gasteiger partial charge is 0.444 e. The third kappa shape index (κ3) is 6.81. The molecular formula is C20H29F2NO3. The maximum Gasteiger partial charge on any atom is 0.410 e. The number of likely N-dealkylation sites (tertiary alicyclic amines) is 1. The van der Waals surface area contributed by atoms with Gasteiger partial charge in [0.15, 0.2) is 0 Å². The van der Waals surface area contributed by atoms with Gasteiger partial charge in [0.2, 0.25) is 0 Å². The second-order valence-electron chi connectivity index (χ2n) is 7.79. The van der Waals surface area contributed by atoms with E-state index in [9.17, 15) is 13.6 Å². The maximum atomic E-state index is 12.5. The molecule has 1 aromatic carbocycles. The number of rotatable bonds is 6. The van der Waals surface area contributed by atoms with Crippen molar-refractivity contribution in [3.05, 3.63) is 29.8 Å². The number of amides is 1. The molecule has 146 valence electrons. The molecule has 0 saturated carbocycles. The van der Waals surface area contributed by atoms with Gasteiger partial charge in [0.1, 0.15) is 11.4 Å². The average molecular weight is 369 g/mol. The van der Waals surface area contributed by atoms with Crippen molar-refractivity contribution in [1.29, 1.82) is 0 Å². The van der Waals surface area contributed by atoms with Crippen molar-refractivity contribution < 1.29 is 23.0 Å². The molecule has 6 heteroatoms. The number of aryl methyl sites for hydroxylation is 1. The van der Waals surface area contributed by atoms with Crippen LogP contribution in [0.5, 0.6) is 5.75 Å². The van der Waals surface area contributed by atoms with E-state index < -0.39 is 12.2 Å². The van der Waals surface area contributed by atoms with Crippen LogP contribution < -0.4 is 4.74 Å². The zero-order valence-corrected chi connectivity index (χ0v) is 15.8. The number of carbonyl (C=O) groups is 1. The SMILES string of the molecule is CC(C)(C)OC(=O)N1CCC(CCCc2ccccc2OC(F)F)CC1. The summed E-state index contributed by atoms with van der Waals surface area (Å²) < 4.78 is 34.9. The average Bonchev–Trinajstić information content (AvgIpc) is 2.55. The second-order valence-corrected chi connectivity index (χ2v) is 7.79. The zero-order chi connectivity index (χ0) is 19.2. The summed E-state index contributed by atoms with van der Waals surface area (Å²) in [6.07, 6.45) is 4.32. The minimum Gasteiger partial charge on any atom is -0.444 e. The first-order valence-corrected chi connectivity index (χ1v) is 9.25. The Morgan fingerprint density at radius 3 is 2.50 bits per heavy atom. The highest BCUT2D eigenvalue weighted by molar-refractivity contribution is 5.68. The predicted octanol–water partition coefficient (Wildman–Crippen LogP) is 5.26. The van der Waals surface area contributed by atoms with Crippen LogP contribution in [0.1, 0.15) is 52.0 Å². The van der Waals surface area contributed by atoms with Crippen molar-refractivity contribution in [2.24, 2.45) is 5.92 Å². The molecule has 0 N–H and O–H groups in total. The summed E-state index contributed by atoms with van der Waals surface area (Å²) in [6.45, 7) is 4.23. The lowest BCUT2D eigenvalue weighted by atomic mass is 9.91. The molecule has 26 heavy (non-hydrogen) atoms. The van der Waals surface area contributed by atoms with Gasteiger partial charge in [-0.1, -0.05) is 18.2 Å². The van der Waals surface area contributed by atoms with Crippen LogP contribution in [0, 0.1) is 5.92 Å². The number of benzene rings is 1. The number of alkyl halides is 2. The lowest BCUT2D eigenvalue weighted by Crippen LogP contribution is -2.41. The number of halogens is 2. The van der Waals surface area contributed by atoms with E-state index in [2.05, 4.69) is 4.74 Å². The highest BCUT2D eigenvalue weighted by Crippen LogP contribution is 2.26. The van der Waals surface area contributed by atoms with Gasteiger partial charge >= 0.3 is 12.7 Å². The highest BCUT2D eigenvalue weighted by Gasteiger charge is 2.26. The van der Waals surface area contributed by atoms with Crippen LogP contribution in [0.15, 0.2) is 24.3 Å². The Labute approximate surface area is 154 Å². The van der Waals surface area contributed by atoms with E-state index in [1.54, 1.807) is 17.0 Å². The van der Waals surface area contributed by atoms with Crippen LogP contribution in [-0.2, 0) is 11.2 Å². The van der Waals surface area contributed by atoms with Crippen molar-refractivity contribution in [1.82, 2.24) is 4.90 Å². The summed E-state index contributed by atoms with van der Waals surface area (Å²) in [6, 6.07) is 6.96. The molecule has 1 fully saturated rings. The molecule has 0 bridgehead atoms.